The summed E-state index contributed by atoms with van der Waals surface area (Å²) in [6.45, 7) is 1.32. The Labute approximate surface area is 190 Å². The number of benzene rings is 2. The molecule has 5 nitrogen and oxygen atoms in total. The third-order valence-electron chi connectivity index (χ3n) is 5.54. The number of halogens is 3. The minimum Gasteiger partial charge on any atom is -0.494 e. The molecule has 0 atom stereocenters. The third kappa shape index (κ3) is 5.63. The number of ether oxygens (including phenoxy) is 1. The first-order valence-electron chi connectivity index (χ1n) is 10.8. The quantitative estimate of drug-likeness (QED) is 0.390. The maximum Gasteiger partial charge on any atom is 0.223 e. The molecule has 1 amide bonds. The van der Waals surface area contributed by atoms with Crippen LogP contribution in [-0.4, -0.2) is 28.9 Å². The zero-order valence-corrected chi connectivity index (χ0v) is 18.0. The average Bonchev–Trinajstić information content (AvgIpc) is 2.98. The van der Waals surface area contributed by atoms with Gasteiger partial charge in [-0.1, -0.05) is 18.2 Å². The van der Waals surface area contributed by atoms with Crippen LogP contribution in [0.1, 0.15) is 29.5 Å². The first kappa shape index (κ1) is 22.6. The number of nitrogens with zero attached hydrogens (tertiary/aromatic N) is 2. The van der Waals surface area contributed by atoms with Crippen molar-refractivity contribution in [3.63, 3.8) is 0 Å². The van der Waals surface area contributed by atoms with Crippen LogP contribution in [0.3, 0.4) is 0 Å². The highest BCUT2D eigenvalue weighted by Gasteiger charge is 2.23. The van der Waals surface area contributed by atoms with Gasteiger partial charge < -0.3 is 15.0 Å². The van der Waals surface area contributed by atoms with Crippen LogP contribution in [0, 0.1) is 17.5 Å². The molecule has 0 saturated heterocycles. The molecule has 0 aliphatic carbocycles. The minimum absolute atomic E-state index is 0.0569. The van der Waals surface area contributed by atoms with Crippen LogP contribution in [0.2, 0.25) is 0 Å². The predicted octanol–water partition coefficient (Wildman–Crippen LogP) is 4.85. The monoisotopic (exact) mass is 455 g/mol. The largest absolute Gasteiger partial charge is 0.494 e. The molecule has 1 aliphatic rings. The van der Waals surface area contributed by atoms with Gasteiger partial charge in [0.2, 0.25) is 5.91 Å². The topological polar surface area (TPSA) is 54.5 Å². The van der Waals surface area contributed by atoms with E-state index in [0.717, 1.165) is 29.4 Å². The summed E-state index contributed by atoms with van der Waals surface area (Å²) in [6.07, 6.45) is 3.31. The van der Waals surface area contributed by atoms with Crippen LogP contribution < -0.4 is 10.1 Å². The van der Waals surface area contributed by atoms with Gasteiger partial charge in [0.05, 0.1) is 6.61 Å². The maximum atomic E-state index is 14.1. The lowest BCUT2D eigenvalue weighted by Crippen LogP contribution is -2.29. The number of anilines is 1. The van der Waals surface area contributed by atoms with E-state index in [-0.39, 0.29) is 31.0 Å². The van der Waals surface area contributed by atoms with Gasteiger partial charge in [-0.3, -0.25) is 4.79 Å². The standard InChI is InChI=1S/C25H24F3N3O2/c26-21-9-6-18(24(27)25(21)28)15-31-16-19-14-20(8-5-17(19)7-10-23(31)32)33-13-3-12-30-22-4-1-2-11-29-22/h1-2,4-6,8-9,11,14H,3,7,10,12-13,15-16H2,(H,29,30). The summed E-state index contributed by atoms with van der Waals surface area (Å²) >= 11 is 0. The summed E-state index contributed by atoms with van der Waals surface area (Å²) in [5.41, 5.74) is 1.85. The molecule has 1 N–H and O–H groups in total. The summed E-state index contributed by atoms with van der Waals surface area (Å²) in [6, 6.07) is 13.4. The third-order valence-corrected chi connectivity index (χ3v) is 5.54. The zero-order chi connectivity index (χ0) is 23.2. The first-order valence-corrected chi connectivity index (χ1v) is 10.8. The van der Waals surface area contributed by atoms with Crippen molar-refractivity contribution >= 4 is 11.7 Å². The van der Waals surface area contributed by atoms with E-state index >= 15 is 0 Å². The molecular weight excluding hydrogens is 431 g/mol. The van der Waals surface area contributed by atoms with E-state index in [4.69, 9.17) is 4.74 Å². The maximum absolute atomic E-state index is 14.1. The van der Waals surface area contributed by atoms with E-state index < -0.39 is 17.5 Å². The van der Waals surface area contributed by atoms with Crippen molar-refractivity contribution in [1.82, 2.24) is 9.88 Å². The van der Waals surface area contributed by atoms with Gasteiger partial charge in [-0.2, -0.15) is 0 Å². The highest BCUT2D eigenvalue weighted by Crippen LogP contribution is 2.26. The van der Waals surface area contributed by atoms with Crippen molar-refractivity contribution < 1.29 is 22.7 Å². The van der Waals surface area contributed by atoms with Gasteiger partial charge in [0.15, 0.2) is 17.5 Å². The Balaban J connectivity index is 1.37. The number of carbonyl (C=O) groups excluding carboxylic acids is 1. The number of aromatic nitrogens is 1. The number of hydrogen-bond donors (Lipinski definition) is 1. The van der Waals surface area contributed by atoms with E-state index in [1.807, 2.05) is 36.4 Å². The molecule has 0 bridgehead atoms. The van der Waals surface area contributed by atoms with E-state index in [1.165, 1.54) is 11.0 Å². The van der Waals surface area contributed by atoms with Crippen LogP contribution in [0.15, 0.2) is 54.7 Å². The van der Waals surface area contributed by atoms with Gasteiger partial charge in [0, 0.05) is 37.8 Å². The second-order valence-electron chi connectivity index (χ2n) is 7.86. The van der Waals surface area contributed by atoms with Gasteiger partial charge in [0.25, 0.3) is 0 Å². The van der Waals surface area contributed by atoms with Gasteiger partial charge in [0.1, 0.15) is 11.6 Å². The lowest BCUT2D eigenvalue weighted by molar-refractivity contribution is -0.132. The van der Waals surface area contributed by atoms with Crippen molar-refractivity contribution in [3.05, 3.63) is 88.9 Å². The Kier molecular flexibility index (Phi) is 7.12. The van der Waals surface area contributed by atoms with Crippen molar-refractivity contribution in [2.24, 2.45) is 0 Å². The lowest BCUT2D eigenvalue weighted by Gasteiger charge is -2.22. The number of nitrogens with one attached hydrogen (secondary N) is 1. The molecule has 1 aliphatic heterocycles. The van der Waals surface area contributed by atoms with Crippen molar-refractivity contribution in [2.75, 3.05) is 18.5 Å². The van der Waals surface area contributed by atoms with E-state index in [1.54, 1.807) is 6.20 Å². The first-order chi connectivity index (χ1) is 16.0. The normalized spacial score (nSPS) is 13.4. The fourth-order valence-electron chi connectivity index (χ4n) is 3.76. The molecule has 4 rings (SSSR count). The molecule has 0 fully saturated rings. The number of amides is 1. The van der Waals surface area contributed by atoms with Crippen molar-refractivity contribution in [2.45, 2.75) is 32.4 Å². The van der Waals surface area contributed by atoms with Crippen LogP contribution in [-0.2, 0) is 24.3 Å². The van der Waals surface area contributed by atoms with Crippen LogP contribution in [0.4, 0.5) is 19.0 Å². The second-order valence-corrected chi connectivity index (χ2v) is 7.86. The molecule has 3 aromatic rings. The van der Waals surface area contributed by atoms with Gasteiger partial charge in [-0.15, -0.1) is 0 Å². The molecule has 0 spiro atoms. The summed E-state index contributed by atoms with van der Waals surface area (Å²) < 4.78 is 46.8. The number of aryl methyl sites for hydroxylation is 1. The SMILES string of the molecule is O=C1CCc2ccc(OCCCNc3ccccn3)cc2CN1Cc1ccc(F)c(F)c1F. The van der Waals surface area contributed by atoms with Gasteiger partial charge in [-0.25, -0.2) is 18.2 Å². The lowest BCUT2D eigenvalue weighted by atomic mass is 10.0. The molecule has 8 heteroatoms. The molecule has 1 aromatic heterocycles. The minimum atomic E-state index is -1.52. The summed E-state index contributed by atoms with van der Waals surface area (Å²) in [4.78, 5) is 18.3. The van der Waals surface area contributed by atoms with E-state index in [2.05, 4.69) is 10.3 Å². The molecule has 0 unspecified atom stereocenters. The molecule has 0 radical (unpaired) electrons. The fourth-order valence-corrected chi connectivity index (χ4v) is 3.76. The molecule has 33 heavy (non-hydrogen) atoms. The van der Waals surface area contributed by atoms with E-state index in [9.17, 15) is 18.0 Å². The van der Waals surface area contributed by atoms with Crippen LogP contribution in [0.5, 0.6) is 5.75 Å². The summed E-state index contributed by atoms with van der Waals surface area (Å²) in [7, 11) is 0. The molecule has 172 valence electrons. The zero-order valence-electron chi connectivity index (χ0n) is 18.0. The molecular formula is C25H24F3N3O2. The van der Waals surface area contributed by atoms with Gasteiger partial charge in [-0.05, 0) is 54.3 Å². The number of pyridine rings is 1. The predicted molar refractivity (Wildman–Crippen MR) is 118 cm³/mol. The van der Waals surface area contributed by atoms with Gasteiger partial charge >= 0.3 is 0 Å². The Morgan fingerprint density at radius 3 is 2.70 bits per heavy atom. The Morgan fingerprint density at radius 1 is 1.00 bits per heavy atom. The van der Waals surface area contributed by atoms with Crippen LogP contribution in [0.25, 0.3) is 0 Å². The Bertz CT molecular complexity index is 1130. The Hall–Kier alpha value is -3.55. The number of carbonyl (C=O) groups is 1. The highest BCUT2D eigenvalue weighted by atomic mass is 19.2. The fraction of sp³-hybridized carbons (Fsp3) is 0.280. The van der Waals surface area contributed by atoms with Crippen molar-refractivity contribution in [3.8, 4) is 5.75 Å². The molecule has 2 aromatic carbocycles. The summed E-state index contributed by atoms with van der Waals surface area (Å²) in [5.74, 6) is -2.71. The Morgan fingerprint density at radius 2 is 1.88 bits per heavy atom. The highest BCUT2D eigenvalue weighted by molar-refractivity contribution is 5.77. The summed E-state index contributed by atoms with van der Waals surface area (Å²) in [5, 5.41) is 3.22. The molecule has 2 heterocycles. The molecule has 0 saturated carbocycles. The van der Waals surface area contributed by atoms with Crippen LogP contribution >= 0.6 is 0 Å². The average molecular weight is 455 g/mol. The number of rotatable bonds is 8. The number of fused-ring (bicyclic) bond motifs is 1. The number of hydrogen-bond acceptors (Lipinski definition) is 4. The smallest absolute Gasteiger partial charge is 0.223 e. The van der Waals surface area contributed by atoms with E-state index in [0.29, 0.717) is 25.3 Å². The second kappa shape index (κ2) is 10.4. The van der Waals surface area contributed by atoms with Crippen molar-refractivity contribution in [1.29, 1.82) is 0 Å².